The Kier molecular flexibility index (Phi) is 4.20. The molecule has 0 spiro atoms. The molecule has 0 aliphatic rings. The molecule has 1 aromatic heterocycles. The first-order valence-corrected chi connectivity index (χ1v) is 6.95. The van der Waals surface area contributed by atoms with Crippen LogP contribution >= 0.6 is 11.6 Å². The third kappa shape index (κ3) is 3.64. The van der Waals surface area contributed by atoms with Crippen LogP contribution in [-0.4, -0.2) is 15.1 Å². The van der Waals surface area contributed by atoms with E-state index in [2.05, 4.69) is 10.1 Å². The molecule has 0 saturated carbocycles. The van der Waals surface area contributed by atoms with Crippen LogP contribution < -0.4 is 4.74 Å². The van der Waals surface area contributed by atoms with Crippen molar-refractivity contribution in [1.29, 1.82) is 0 Å². The van der Waals surface area contributed by atoms with Crippen LogP contribution in [0.3, 0.4) is 0 Å². The number of nitro benzene ring substituents is 1. The molecule has 0 N–H and O–H groups in total. The maximum absolute atomic E-state index is 10.6. The number of halogens is 1. The molecule has 23 heavy (non-hydrogen) atoms. The smallest absolute Gasteiger partial charge is 0.269 e. The predicted molar refractivity (Wildman–Crippen MR) is 82.2 cm³/mol. The number of ether oxygens (including phenoxy) is 1. The van der Waals surface area contributed by atoms with Crippen molar-refractivity contribution in [2.75, 3.05) is 0 Å². The molecule has 0 unspecified atom stereocenters. The van der Waals surface area contributed by atoms with Crippen molar-refractivity contribution >= 4 is 17.3 Å². The van der Waals surface area contributed by atoms with Crippen molar-refractivity contribution in [2.24, 2.45) is 0 Å². The van der Waals surface area contributed by atoms with Crippen molar-refractivity contribution in [3.05, 3.63) is 69.6 Å². The molecule has 1 heterocycles. The van der Waals surface area contributed by atoms with Gasteiger partial charge in [-0.3, -0.25) is 10.1 Å². The molecule has 0 radical (unpaired) electrons. The molecule has 0 aliphatic heterocycles. The molecule has 3 aromatic rings. The fourth-order valence-corrected chi connectivity index (χ4v) is 1.96. The van der Waals surface area contributed by atoms with Gasteiger partial charge in [-0.25, -0.2) is 0 Å². The van der Waals surface area contributed by atoms with Crippen molar-refractivity contribution in [1.82, 2.24) is 10.1 Å². The van der Waals surface area contributed by atoms with Crippen LogP contribution in [0.4, 0.5) is 5.69 Å². The van der Waals surface area contributed by atoms with E-state index in [1.54, 1.807) is 36.4 Å². The Balaban J connectivity index is 1.67. The van der Waals surface area contributed by atoms with Crippen molar-refractivity contribution in [3.63, 3.8) is 0 Å². The average molecular weight is 332 g/mol. The minimum absolute atomic E-state index is 0.00328. The molecule has 0 aliphatic carbocycles. The second kappa shape index (κ2) is 6.45. The SMILES string of the molecule is O=[N+]([O-])c1ccc(-c2noc(COc3ccc(Cl)cc3)n2)cc1. The van der Waals surface area contributed by atoms with Crippen LogP contribution in [0.15, 0.2) is 53.1 Å². The van der Waals surface area contributed by atoms with E-state index in [-0.39, 0.29) is 12.3 Å². The van der Waals surface area contributed by atoms with Gasteiger partial charge in [0.15, 0.2) is 6.61 Å². The van der Waals surface area contributed by atoms with Gasteiger partial charge in [0.1, 0.15) is 5.75 Å². The average Bonchev–Trinajstić information content (AvgIpc) is 3.03. The molecule has 0 bridgehead atoms. The summed E-state index contributed by atoms with van der Waals surface area (Å²) in [5.41, 5.74) is 0.626. The van der Waals surface area contributed by atoms with E-state index in [9.17, 15) is 10.1 Å². The maximum atomic E-state index is 10.6. The highest BCUT2D eigenvalue weighted by Crippen LogP contribution is 2.21. The highest BCUT2D eigenvalue weighted by molar-refractivity contribution is 6.30. The molecule has 8 heteroatoms. The van der Waals surface area contributed by atoms with E-state index in [4.69, 9.17) is 20.9 Å². The summed E-state index contributed by atoms with van der Waals surface area (Å²) in [5.74, 6) is 1.27. The minimum Gasteiger partial charge on any atom is -0.484 e. The molecule has 3 rings (SSSR count). The maximum Gasteiger partial charge on any atom is 0.269 e. The summed E-state index contributed by atoms with van der Waals surface area (Å²) >= 11 is 5.79. The molecular formula is C15H10ClN3O4. The minimum atomic E-state index is -0.467. The number of hydrogen-bond acceptors (Lipinski definition) is 6. The topological polar surface area (TPSA) is 91.3 Å². The highest BCUT2D eigenvalue weighted by Gasteiger charge is 2.11. The third-order valence-corrected chi connectivity index (χ3v) is 3.23. The number of non-ortho nitro benzene ring substituents is 1. The molecule has 0 amide bonds. The van der Waals surface area contributed by atoms with Crippen LogP contribution in [0.25, 0.3) is 11.4 Å². The van der Waals surface area contributed by atoms with E-state index in [1.165, 1.54) is 12.1 Å². The van der Waals surface area contributed by atoms with E-state index in [1.807, 2.05) is 0 Å². The summed E-state index contributed by atoms with van der Waals surface area (Å²) in [6.07, 6.45) is 0. The Morgan fingerprint density at radius 1 is 1.13 bits per heavy atom. The van der Waals surface area contributed by atoms with Crippen molar-refractivity contribution in [2.45, 2.75) is 6.61 Å². The molecular weight excluding hydrogens is 322 g/mol. The highest BCUT2D eigenvalue weighted by atomic mass is 35.5. The number of nitro groups is 1. The summed E-state index contributed by atoms with van der Waals surface area (Å²) in [6.45, 7) is 0.113. The summed E-state index contributed by atoms with van der Waals surface area (Å²) in [7, 11) is 0. The summed E-state index contributed by atoms with van der Waals surface area (Å²) in [6, 6.07) is 12.8. The number of hydrogen-bond donors (Lipinski definition) is 0. The van der Waals surface area contributed by atoms with Crippen molar-refractivity contribution in [3.8, 4) is 17.1 Å². The lowest BCUT2D eigenvalue weighted by Crippen LogP contribution is -1.95. The Labute approximate surface area is 135 Å². The van der Waals surface area contributed by atoms with Crippen LogP contribution in [0.1, 0.15) is 5.89 Å². The lowest BCUT2D eigenvalue weighted by Gasteiger charge is -2.02. The zero-order valence-electron chi connectivity index (χ0n) is 11.7. The lowest BCUT2D eigenvalue weighted by molar-refractivity contribution is -0.384. The second-order valence-corrected chi connectivity index (χ2v) is 4.99. The second-order valence-electron chi connectivity index (χ2n) is 4.56. The number of rotatable bonds is 5. The van der Waals surface area contributed by atoms with Gasteiger partial charge in [-0.2, -0.15) is 4.98 Å². The number of nitrogens with zero attached hydrogens (tertiary/aromatic N) is 3. The molecule has 116 valence electrons. The first-order chi connectivity index (χ1) is 11.1. The normalized spacial score (nSPS) is 10.5. The first kappa shape index (κ1) is 15.0. The number of aromatic nitrogens is 2. The Morgan fingerprint density at radius 3 is 2.48 bits per heavy atom. The van der Waals surface area contributed by atoms with Crippen LogP contribution in [0.5, 0.6) is 5.75 Å². The van der Waals surface area contributed by atoms with Crippen LogP contribution in [0.2, 0.25) is 5.02 Å². The quantitative estimate of drug-likeness (QED) is 0.520. The monoisotopic (exact) mass is 331 g/mol. The van der Waals surface area contributed by atoms with Crippen LogP contribution in [0, 0.1) is 10.1 Å². The molecule has 0 saturated heterocycles. The molecule has 7 nitrogen and oxygen atoms in total. The van der Waals surface area contributed by atoms with Gasteiger partial charge in [-0.15, -0.1) is 0 Å². The fourth-order valence-electron chi connectivity index (χ4n) is 1.84. The Morgan fingerprint density at radius 2 is 1.83 bits per heavy atom. The first-order valence-electron chi connectivity index (χ1n) is 6.57. The summed E-state index contributed by atoms with van der Waals surface area (Å²) < 4.78 is 10.6. The van der Waals surface area contributed by atoms with E-state index in [0.717, 1.165) is 0 Å². The van der Waals surface area contributed by atoms with Crippen molar-refractivity contribution < 1.29 is 14.2 Å². The fraction of sp³-hybridized carbons (Fsp3) is 0.0667. The largest absolute Gasteiger partial charge is 0.484 e. The van der Waals surface area contributed by atoms with Gasteiger partial charge < -0.3 is 9.26 Å². The van der Waals surface area contributed by atoms with Gasteiger partial charge in [0, 0.05) is 22.7 Å². The standard InChI is InChI=1S/C15H10ClN3O4/c16-11-3-7-13(8-4-11)22-9-14-17-15(18-23-14)10-1-5-12(6-2-10)19(20)21/h1-8H,9H2. The number of benzene rings is 2. The zero-order valence-corrected chi connectivity index (χ0v) is 12.4. The Hall–Kier alpha value is -2.93. The van der Waals surface area contributed by atoms with Gasteiger partial charge >= 0.3 is 0 Å². The third-order valence-electron chi connectivity index (χ3n) is 2.98. The molecule has 2 aromatic carbocycles. The predicted octanol–water partition coefficient (Wildman–Crippen LogP) is 3.88. The lowest BCUT2D eigenvalue weighted by atomic mass is 10.2. The zero-order chi connectivity index (χ0) is 16.2. The van der Waals surface area contributed by atoms with Gasteiger partial charge in [0.05, 0.1) is 4.92 Å². The van der Waals surface area contributed by atoms with E-state index < -0.39 is 4.92 Å². The Bertz CT molecular complexity index is 815. The molecule has 0 fully saturated rings. The van der Waals surface area contributed by atoms with E-state index >= 15 is 0 Å². The van der Waals surface area contributed by atoms with Crippen LogP contribution in [-0.2, 0) is 6.61 Å². The van der Waals surface area contributed by atoms with Gasteiger partial charge in [-0.05, 0) is 36.4 Å². The van der Waals surface area contributed by atoms with E-state index in [0.29, 0.717) is 28.1 Å². The van der Waals surface area contributed by atoms with Gasteiger partial charge in [-0.1, -0.05) is 16.8 Å². The summed E-state index contributed by atoms with van der Waals surface area (Å²) in [5, 5.41) is 15.1. The molecule has 0 atom stereocenters. The summed E-state index contributed by atoms with van der Waals surface area (Å²) in [4.78, 5) is 14.3. The van der Waals surface area contributed by atoms with Gasteiger partial charge in [0.25, 0.3) is 11.6 Å². The van der Waals surface area contributed by atoms with Gasteiger partial charge in [0.2, 0.25) is 5.82 Å².